The molecule has 0 saturated carbocycles. The van der Waals surface area contributed by atoms with E-state index < -0.39 is 0 Å². The zero-order valence-electron chi connectivity index (χ0n) is 16.9. The summed E-state index contributed by atoms with van der Waals surface area (Å²) < 4.78 is 31.9. The van der Waals surface area contributed by atoms with Crippen LogP contribution in [0.5, 0.6) is 0 Å². The van der Waals surface area contributed by atoms with E-state index in [0.717, 1.165) is 21.9 Å². The Balaban J connectivity index is 2.06. The average Bonchev–Trinajstić information content (AvgIpc) is 3.33. The van der Waals surface area contributed by atoms with Gasteiger partial charge in [0, 0.05) is 23.1 Å². The molecule has 0 aliphatic carbocycles. The lowest BCUT2D eigenvalue weighted by Crippen LogP contribution is -1.98. The third-order valence-corrected chi connectivity index (χ3v) is 5.77. The molecule has 3 aromatic heterocycles. The Morgan fingerprint density at radius 1 is 0.688 bits per heavy atom. The highest BCUT2D eigenvalue weighted by Gasteiger charge is 2.17. The van der Waals surface area contributed by atoms with Crippen LogP contribution in [-0.2, 0) is 0 Å². The van der Waals surface area contributed by atoms with Crippen LogP contribution < -0.4 is 0 Å². The Morgan fingerprint density at radius 3 is 1.97 bits per heavy atom. The Morgan fingerprint density at radius 2 is 1.31 bits per heavy atom. The number of halogens is 2. The van der Waals surface area contributed by atoms with Crippen LogP contribution in [0.15, 0.2) is 73.8 Å². The van der Waals surface area contributed by atoms with Gasteiger partial charge in [-0.1, -0.05) is 31.4 Å². The average molecular weight is 422 g/mol. The monoisotopic (exact) mass is 422 g/mol. The topological polar surface area (TPSA) is 34.6 Å². The van der Waals surface area contributed by atoms with Crippen molar-refractivity contribution in [2.45, 2.75) is 0 Å². The van der Waals surface area contributed by atoms with Gasteiger partial charge in [0.1, 0.15) is 22.9 Å². The normalized spacial score (nSPS) is 11.7. The molecule has 0 amide bonds. The molecule has 0 aliphatic rings. The van der Waals surface area contributed by atoms with E-state index in [2.05, 4.69) is 13.2 Å². The van der Waals surface area contributed by atoms with E-state index in [1.807, 2.05) is 33.1 Å². The zero-order chi connectivity index (χ0) is 22.0. The number of hydrogen-bond donors (Lipinski definition) is 0. The maximum Gasteiger partial charge on any atom is 0.147 e. The summed E-state index contributed by atoms with van der Waals surface area (Å²) in [7, 11) is 0. The number of rotatable bonds is 2. The minimum atomic E-state index is -0.356. The second-order valence-corrected chi connectivity index (χ2v) is 7.53. The first kappa shape index (κ1) is 18.4. The molecule has 6 aromatic rings. The van der Waals surface area contributed by atoms with Crippen LogP contribution in [-0.4, -0.2) is 18.8 Å². The number of hydrogen-bond acceptors (Lipinski definition) is 2. The number of benzene rings is 3. The Hall–Kier alpha value is -4.32. The smallest absolute Gasteiger partial charge is 0.147 e. The summed E-state index contributed by atoms with van der Waals surface area (Å²) in [6.07, 6.45) is 3.42. The van der Waals surface area contributed by atoms with Crippen molar-refractivity contribution in [2.75, 3.05) is 0 Å². The number of nitrogens with zero attached hydrogens (tertiary/aromatic N) is 4. The van der Waals surface area contributed by atoms with Crippen LogP contribution in [0, 0.1) is 11.6 Å². The molecule has 6 rings (SSSR count). The first-order valence-corrected chi connectivity index (χ1v) is 10.1. The molecule has 6 heteroatoms. The molecule has 0 saturated heterocycles. The lowest BCUT2D eigenvalue weighted by atomic mass is 10.1. The van der Waals surface area contributed by atoms with Gasteiger partial charge in [0.15, 0.2) is 0 Å². The van der Waals surface area contributed by atoms with E-state index in [1.165, 1.54) is 24.3 Å². The fourth-order valence-corrected chi connectivity index (χ4v) is 4.45. The van der Waals surface area contributed by atoms with E-state index in [4.69, 9.17) is 9.97 Å². The summed E-state index contributed by atoms with van der Waals surface area (Å²) in [5.41, 5.74) is 6.05. The fourth-order valence-electron chi connectivity index (χ4n) is 4.45. The highest BCUT2D eigenvalue weighted by atomic mass is 19.1. The van der Waals surface area contributed by atoms with Crippen molar-refractivity contribution in [3.8, 4) is 0 Å². The van der Waals surface area contributed by atoms with Gasteiger partial charge < -0.3 is 0 Å². The molecular formula is C26H16F2N4. The molecule has 3 heterocycles. The maximum atomic E-state index is 14.0. The number of imidazole rings is 2. The van der Waals surface area contributed by atoms with Gasteiger partial charge in [0.25, 0.3) is 0 Å². The Bertz CT molecular complexity index is 1780. The summed E-state index contributed by atoms with van der Waals surface area (Å²) in [6, 6.07) is 16.9. The molecule has 0 N–H and O–H groups in total. The Kier molecular flexibility index (Phi) is 3.80. The highest BCUT2D eigenvalue weighted by Crippen LogP contribution is 2.31. The van der Waals surface area contributed by atoms with Crippen molar-refractivity contribution in [1.82, 2.24) is 18.8 Å². The van der Waals surface area contributed by atoms with Crippen molar-refractivity contribution in [3.05, 3.63) is 96.7 Å². The number of para-hydroxylation sites is 1. The predicted octanol–water partition coefficient (Wildman–Crippen LogP) is 6.57. The van der Waals surface area contributed by atoms with Gasteiger partial charge in [-0.05, 0) is 42.5 Å². The van der Waals surface area contributed by atoms with Crippen LogP contribution >= 0.6 is 0 Å². The molecule has 0 fully saturated rings. The van der Waals surface area contributed by atoms with Crippen molar-refractivity contribution >= 4 is 56.4 Å². The van der Waals surface area contributed by atoms with Gasteiger partial charge in [-0.3, -0.25) is 8.80 Å². The molecule has 0 unspecified atom stereocenters. The van der Waals surface area contributed by atoms with Crippen molar-refractivity contribution in [3.63, 3.8) is 0 Å². The summed E-state index contributed by atoms with van der Waals surface area (Å²) in [6.45, 7) is 8.05. The van der Waals surface area contributed by atoms with Gasteiger partial charge in [-0.25, -0.2) is 18.7 Å². The second-order valence-electron chi connectivity index (χ2n) is 7.53. The molecule has 4 nitrogen and oxygen atoms in total. The van der Waals surface area contributed by atoms with Crippen LogP contribution in [0.1, 0.15) is 11.3 Å². The molecule has 32 heavy (non-hydrogen) atoms. The zero-order valence-corrected chi connectivity index (χ0v) is 16.9. The summed E-state index contributed by atoms with van der Waals surface area (Å²) >= 11 is 0. The maximum absolute atomic E-state index is 14.0. The van der Waals surface area contributed by atoms with Crippen molar-refractivity contribution in [1.29, 1.82) is 0 Å². The predicted molar refractivity (Wildman–Crippen MR) is 125 cm³/mol. The number of aromatic nitrogens is 4. The largest absolute Gasteiger partial charge is 0.292 e. The standard InChI is InChI=1S/C26H16F2N4/c1-3-17-21(4-2)31-23-11-9-15(27)13-19(23)30-26(31)18-7-5-6-8-22(18)32-24-12-10-16(28)14-20(24)29-25(17)32/h3-14H,1-2H2. The fraction of sp³-hybridized carbons (Fsp3) is 0. The van der Waals surface area contributed by atoms with E-state index in [1.54, 1.807) is 24.3 Å². The lowest BCUT2D eigenvalue weighted by Gasteiger charge is -2.10. The third kappa shape index (κ3) is 2.40. The van der Waals surface area contributed by atoms with Crippen LogP contribution in [0.3, 0.4) is 0 Å². The van der Waals surface area contributed by atoms with Gasteiger partial charge in [0.2, 0.25) is 0 Å². The lowest BCUT2D eigenvalue weighted by molar-refractivity contribution is 0.629. The third-order valence-electron chi connectivity index (χ3n) is 5.77. The van der Waals surface area contributed by atoms with Crippen LogP contribution in [0.2, 0.25) is 0 Å². The Labute approximate surface area is 181 Å². The molecule has 3 aromatic carbocycles. The summed E-state index contributed by atoms with van der Waals surface area (Å²) in [5.74, 6) is -0.711. The van der Waals surface area contributed by atoms with Gasteiger partial charge >= 0.3 is 0 Å². The minimum absolute atomic E-state index is 0.356. The molecule has 0 radical (unpaired) electrons. The quantitative estimate of drug-likeness (QED) is 0.316. The van der Waals surface area contributed by atoms with Gasteiger partial charge in [-0.2, -0.15) is 0 Å². The highest BCUT2D eigenvalue weighted by molar-refractivity contribution is 6.00. The summed E-state index contributed by atoms with van der Waals surface area (Å²) in [4.78, 5) is 9.56. The first-order chi connectivity index (χ1) is 15.6. The van der Waals surface area contributed by atoms with Crippen molar-refractivity contribution in [2.24, 2.45) is 0 Å². The minimum Gasteiger partial charge on any atom is -0.292 e. The summed E-state index contributed by atoms with van der Waals surface area (Å²) in [5, 5.41) is 0.830. The van der Waals surface area contributed by atoms with E-state index in [9.17, 15) is 8.78 Å². The molecule has 0 atom stereocenters. The molecule has 154 valence electrons. The number of fused-ring (bicyclic) bond motifs is 9. The first-order valence-electron chi connectivity index (χ1n) is 10.1. The molecule has 0 bridgehead atoms. The second kappa shape index (κ2) is 6.59. The molecule has 0 aliphatic heterocycles. The SMILES string of the molecule is C=Cc1c(C=C)n2c3ccc(F)cc3nc2c2ccccc2n2c1nc1cc(F)ccc12. The van der Waals surface area contributed by atoms with Crippen LogP contribution in [0.25, 0.3) is 56.4 Å². The van der Waals surface area contributed by atoms with E-state index in [-0.39, 0.29) is 11.6 Å². The van der Waals surface area contributed by atoms with E-state index in [0.29, 0.717) is 33.6 Å². The van der Waals surface area contributed by atoms with E-state index >= 15 is 0 Å². The molecule has 0 spiro atoms. The van der Waals surface area contributed by atoms with Gasteiger partial charge in [0.05, 0.1) is 33.3 Å². The van der Waals surface area contributed by atoms with Crippen molar-refractivity contribution < 1.29 is 8.78 Å². The molecular weight excluding hydrogens is 406 g/mol. The van der Waals surface area contributed by atoms with Gasteiger partial charge in [-0.15, -0.1) is 0 Å². The van der Waals surface area contributed by atoms with Crippen LogP contribution in [0.4, 0.5) is 8.78 Å².